The summed E-state index contributed by atoms with van der Waals surface area (Å²) in [5.41, 5.74) is 5.50. The molecule has 0 fully saturated rings. The number of para-hydroxylation sites is 2. The topological polar surface area (TPSA) is 64.4 Å². The summed E-state index contributed by atoms with van der Waals surface area (Å²) >= 11 is 0. The average molecular weight is 262 g/mol. The normalized spacial score (nSPS) is 12.9. The van der Waals surface area contributed by atoms with Gasteiger partial charge in [0.25, 0.3) is 0 Å². The van der Waals surface area contributed by atoms with E-state index in [4.69, 9.17) is 5.73 Å². The van der Waals surface area contributed by atoms with Crippen LogP contribution >= 0.6 is 0 Å². The highest BCUT2D eigenvalue weighted by Crippen LogP contribution is 2.26. The fraction of sp³-hybridized carbons (Fsp3) is 0.364. The third-order valence-electron chi connectivity index (χ3n) is 1.95. The summed E-state index contributed by atoms with van der Waals surface area (Å²) in [6.45, 7) is 0.0482. The minimum Gasteiger partial charge on any atom is -0.482 e. The van der Waals surface area contributed by atoms with Crippen molar-refractivity contribution in [2.45, 2.75) is 19.1 Å². The van der Waals surface area contributed by atoms with Gasteiger partial charge in [-0.3, -0.25) is 4.79 Å². The number of nitrogens with two attached hydrogens (primary N) is 1. The zero-order chi connectivity index (χ0) is 13.8. The molecule has 0 saturated heterocycles. The number of anilines is 1. The van der Waals surface area contributed by atoms with Crippen LogP contribution in [0.5, 0.6) is 5.75 Å². The molecule has 0 spiro atoms. The van der Waals surface area contributed by atoms with E-state index in [0.29, 0.717) is 0 Å². The number of hydrogen-bond donors (Lipinski definition) is 2. The Morgan fingerprint density at radius 3 is 2.61 bits per heavy atom. The summed E-state index contributed by atoms with van der Waals surface area (Å²) in [6.07, 6.45) is -4.43. The lowest BCUT2D eigenvalue weighted by Crippen LogP contribution is -2.32. The number of halogens is 3. The number of rotatable bonds is 4. The van der Waals surface area contributed by atoms with E-state index in [-0.39, 0.29) is 11.4 Å². The van der Waals surface area contributed by atoms with Crippen LogP contribution in [0.4, 0.5) is 18.9 Å². The summed E-state index contributed by atoms with van der Waals surface area (Å²) < 4.78 is 40.7. The van der Waals surface area contributed by atoms with E-state index in [1.165, 1.54) is 25.1 Å². The predicted molar refractivity (Wildman–Crippen MR) is 60.3 cm³/mol. The Labute approximate surface area is 102 Å². The van der Waals surface area contributed by atoms with Gasteiger partial charge >= 0.3 is 6.18 Å². The zero-order valence-corrected chi connectivity index (χ0v) is 9.62. The number of ether oxygens (including phenoxy) is 1. The molecule has 18 heavy (non-hydrogen) atoms. The molecule has 0 aromatic heterocycles. The second-order valence-electron chi connectivity index (χ2n) is 3.68. The Kier molecular flexibility index (Phi) is 4.55. The van der Waals surface area contributed by atoms with Gasteiger partial charge in [0.15, 0.2) is 6.61 Å². The van der Waals surface area contributed by atoms with Gasteiger partial charge in [-0.1, -0.05) is 12.1 Å². The Hall–Kier alpha value is -1.76. The van der Waals surface area contributed by atoms with Crippen molar-refractivity contribution < 1.29 is 22.7 Å². The van der Waals surface area contributed by atoms with E-state index in [9.17, 15) is 18.0 Å². The standard InChI is InChI=1S/C11H13F3N2O2/c1-7(15)10(17)16-8-4-2-3-5-9(8)18-6-11(12,13)14/h2-5,7H,6,15H2,1H3,(H,16,17)/t7-/m1/s1. The summed E-state index contributed by atoms with van der Waals surface area (Å²) in [6, 6.07) is 5.08. The van der Waals surface area contributed by atoms with Gasteiger partial charge in [-0.25, -0.2) is 0 Å². The van der Waals surface area contributed by atoms with Gasteiger partial charge in [-0.05, 0) is 19.1 Å². The molecule has 0 unspecified atom stereocenters. The fourth-order valence-corrected chi connectivity index (χ4v) is 1.10. The van der Waals surface area contributed by atoms with Crippen molar-refractivity contribution in [2.75, 3.05) is 11.9 Å². The molecule has 1 amide bonds. The number of nitrogens with one attached hydrogen (secondary N) is 1. The van der Waals surface area contributed by atoms with Crippen LogP contribution in [0.1, 0.15) is 6.92 Å². The molecule has 0 heterocycles. The second-order valence-corrected chi connectivity index (χ2v) is 3.68. The molecule has 1 aromatic rings. The molecular formula is C11H13F3N2O2. The van der Waals surface area contributed by atoms with Gasteiger partial charge in [0, 0.05) is 0 Å². The molecule has 100 valence electrons. The highest BCUT2D eigenvalue weighted by molar-refractivity contribution is 5.95. The van der Waals surface area contributed by atoms with Crippen LogP contribution in [-0.2, 0) is 4.79 Å². The molecule has 0 aliphatic heterocycles. The van der Waals surface area contributed by atoms with Crippen LogP contribution in [0.3, 0.4) is 0 Å². The molecule has 4 nitrogen and oxygen atoms in total. The number of carbonyl (C=O) groups excluding carboxylic acids is 1. The Morgan fingerprint density at radius 1 is 1.44 bits per heavy atom. The molecular weight excluding hydrogens is 249 g/mol. The zero-order valence-electron chi connectivity index (χ0n) is 9.62. The van der Waals surface area contributed by atoms with Gasteiger partial charge in [0.1, 0.15) is 5.75 Å². The van der Waals surface area contributed by atoms with E-state index in [0.717, 1.165) is 0 Å². The van der Waals surface area contributed by atoms with Crippen molar-refractivity contribution in [1.82, 2.24) is 0 Å². The first-order chi connectivity index (χ1) is 8.29. The molecule has 1 atom stereocenters. The maximum absolute atomic E-state index is 12.0. The van der Waals surface area contributed by atoms with Crippen molar-refractivity contribution in [3.63, 3.8) is 0 Å². The molecule has 0 aliphatic rings. The van der Waals surface area contributed by atoms with Crippen molar-refractivity contribution in [3.05, 3.63) is 24.3 Å². The quantitative estimate of drug-likeness (QED) is 0.871. The van der Waals surface area contributed by atoms with Crippen molar-refractivity contribution >= 4 is 11.6 Å². The van der Waals surface area contributed by atoms with Gasteiger partial charge < -0.3 is 15.8 Å². The second kappa shape index (κ2) is 5.72. The van der Waals surface area contributed by atoms with Gasteiger partial charge in [-0.2, -0.15) is 13.2 Å². The van der Waals surface area contributed by atoms with E-state index in [1.807, 2.05) is 0 Å². The van der Waals surface area contributed by atoms with E-state index < -0.39 is 24.7 Å². The molecule has 0 radical (unpaired) electrons. The lowest BCUT2D eigenvalue weighted by Gasteiger charge is -2.14. The van der Waals surface area contributed by atoms with Crippen molar-refractivity contribution in [2.24, 2.45) is 5.73 Å². The van der Waals surface area contributed by atoms with Crippen molar-refractivity contribution in [3.8, 4) is 5.75 Å². The van der Waals surface area contributed by atoms with E-state index in [1.54, 1.807) is 6.07 Å². The van der Waals surface area contributed by atoms with E-state index >= 15 is 0 Å². The molecule has 0 saturated carbocycles. The minimum absolute atomic E-state index is 0.0520. The number of benzene rings is 1. The Bertz CT molecular complexity index is 419. The third kappa shape index (κ3) is 4.62. The largest absolute Gasteiger partial charge is 0.482 e. The summed E-state index contributed by atoms with van der Waals surface area (Å²) in [7, 11) is 0. The highest BCUT2D eigenvalue weighted by atomic mass is 19.4. The first-order valence-corrected chi connectivity index (χ1v) is 5.14. The van der Waals surface area contributed by atoms with Crippen LogP contribution in [0.25, 0.3) is 0 Å². The van der Waals surface area contributed by atoms with Gasteiger partial charge in [0.05, 0.1) is 11.7 Å². The molecule has 3 N–H and O–H groups in total. The highest BCUT2D eigenvalue weighted by Gasteiger charge is 2.28. The molecule has 1 aromatic carbocycles. The molecule has 1 rings (SSSR count). The summed E-state index contributed by atoms with van der Waals surface area (Å²) in [4.78, 5) is 11.4. The number of hydrogen-bond acceptors (Lipinski definition) is 3. The Morgan fingerprint density at radius 2 is 2.06 bits per heavy atom. The third-order valence-corrected chi connectivity index (χ3v) is 1.95. The molecule has 7 heteroatoms. The minimum atomic E-state index is -4.43. The van der Waals surface area contributed by atoms with Crippen LogP contribution in [0, 0.1) is 0 Å². The number of alkyl halides is 3. The monoisotopic (exact) mass is 262 g/mol. The summed E-state index contributed by atoms with van der Waals surface area (Å²) in [5, 5.41) is 2.39. The van der Waals surface area contributed by atoms with E-state index in [2.05, 4.69) is 10.1 Å². The average Bonchev–Trinajstić information content (AvgIpc) is 2.26. The summed E-state index contributed by atoms with van der Waals surface area (Å²) in [5.74, 6) is -0.554. The van der Waals surface area contributed by atoms with Gasteiger partial charge in [-0.15, -0.1) is 0 Å². The SMILES string of the molecule is C[C@@H](N)C(=O)Nc1ccccc1OCC(F)(F)F. The number of amides is 1. The first kappa shape index (κ1) is 14.3. The number of carbonyl (C=O) groups is 1. The van der Waals surface area contributed by atoms with Crippen LogP contribution in [-0.4, -0.2) is 24.7 Å². The molecule has 0 aliphatic carbocycles. The first-order valence-electron chi connectivity index (χ1n) is 5.14. The maximum Gasteiger partial charge on any atom is 0.422 e. The maximum atomic E-state index is 12.0. The Balaban J connectivity index is 2.77. The van der Waals surface area contributed by atoms with Crippen LogP contribution in [0.2, 0.25) is 0 Å². The van der Waals surface area contributed by atoms with Crippen LogP contribution in [0.15, 0.2) is 24.3 Å². The fourth-order valence-electron chi connectivity index (χ4n) is 1.10. The lowest BCUT2D eigenvalue weighted by molar-refractivity contribution is -0.153. The van der Waals surface area contributed by atoms with Gasteiger partial charge in [0.2, 0.25) is 5.91 Å². The van der Waals surface area contributed by atoms with Crippen molar-refractivity contribution in [1.29, 1.82) is 0 Å². The van der Waals surface area contributed by atoms with Crippen LogP contribution < -0.4 is 15.8 Å². The lowest BCUT2D eigenvalue weighted by atomic mass is 10.2. The smallest absolute Gasteiger partial charge is 0.422 e. The molecule has 0 bridgehead atoms. The predicted octanol–water partition coefficient (Wildman–Crippen LogP) is 1.91.